The molecule has 2 aromatic heterocycles. The lowest BCUT2D eigenvalue weighted by molar-refractivity contribution is 0.154. The van der Waals surface area contributed by atoms with Gasteiger partial charge in [0.1, 0.15) is 30.6 Å². The summed E-state index contributed by atoms with van der Waals surface area (Å²) >= 11 is 0. The van der Waals surface area contributed by atoms with Gasteiger partial charge in [-0.3, -0.25) is 9.58 Å². The van der Waals surface area contributed by atoms with E-state index in [-0.39, 0.29) is 12.6 Å². The molecule has 0 radical (unpaired) electrons. The normalized spacial score (nSPS) is 16.5. The summed E-state index contributed by atoms with van der Waals surface area (Å²) in [6.07, 6.45) is 4.43. The molecular formula is C23H23F2N9O. The number of urea groups is 1. The zero-order chi connectivity index (χ0) is 24.6. The van der Waals surface area contributed by atoms with Crippen LogP contribution in [-0.4, -0.2) is 65.0 Å². The summed E-state index contributed by atoms with van der Waals surface area (Å²) in [5.41, 5.74) is 0.885. The Hall–Kier alpha value is -4.22. The fraction of sp³-hybridized carbons (Fsp3) is 0.304. The van der Waals surface area contributed by atoms with E-state index in [2.05, 4.69) is 25.6 Å². The van der Waals surface area contributed by atoms with E-state index in [1.54, 1.807) is 14.5 Å². The third-order valence-electron chi connectivity index (χ3n) is 6.71. The van der Waals surface area contributed by atoms with E-state index >= 15 is 0 Å². The average Bonchev–Trinajstić information content (AvgIpc) is 3.61. The van der Waals surface area contributed by atoms with Gasteiger partial charge in [0, 0.05) is 36.3 Å². The van der Waals surface area contributed by atoms with Gasteiger partial charge in [-0.1, -0.05) is 13.0 Å². The first-order chi connectivity index (χ1) is 16.9. The van der Waals surface area contributed by atoms with Crippen LogP contribution in [0.25, 0.3) is 5.69 Å². The summed E-state index contributed by atoms with van der Waals surface area (Å²) in [6.45, 7) is 4.90. The van der Waals surface area contributed by atoms with Crippen molar-refractivity contribution in [2.24, 2.45) is 0 Å². The molecule has 12 heteroatoms. The van der Waals surface area contributed by atoms with Crippen molar-refractivity contribution in [3.63, 3.8) is 0 Å². The standard InChI is InChI=1S/C23H23F2N9O/c1-16(23(2,12-31-14-26-13-28-31)20-8-3-17(24)11-21(20)25)32-9-10-33(22(32)35)18-4-6-19(7-5-18)34-15-27-29-30-34/h3-8,11,13-16H,9-10,12H2,1-2H3. The number of anilines is 1. The molecule has 1 aliphatic rings. The van der Waals surface area contributed by atoms with Gasteiger partial charge in [-0.05, 0) is 53.2 Å². The predicted molar refractivity (Wildman–Crippen MR) is 122 cm³/mol. The fourth-order valence-corrected chi connectivity index (χ4v) is 4.61. The van der Waals surface area contributed by atoms with Gasteiger partial charge in [0.15, 0.2) is 0 Å². The molecule has 2 atom stereocenters. The Bertz CT molecular complexity index is 1310. The molecule has 0 spiro atoms. The fourth-order valence-electron chi connectivity index (χ4n) is 4.61. The smallest absolute Gasteiger partial charge is 0.319 e. The second-order valence-electron chi connectivity index (χ2n) is 8.71. The predicted octanol–water partition coefficient (Wildman–Crippen LogP) is 2.82. The van der Waals surface area contributed by atoms with Crippen LogP contribution in [0, 0.1) is 11.6 Å². The first kappa shape index (κ1) is 22.6. The second kappa shape index (κ2) is 8.85. The van der Waals surface area contributed by atoms with Crippen molar-refractivity contribution >= 4 is 11.7 Å². The van der Waals surface area contributed by atoms with Crippen molar-refractivity contribution in [3.05, 3.63) is 78.6 Å². The van der Waals surface area contributed by atoms with Crippen LogP contribution >= 0.6 is 0 Å². The minimum absolute atomic E-state index is 0.194. The maximum atomic E-state index is 15.0. The molecule has 35 heavy (non-hydrogen) atoms. The van der Waals surface area contributed by atoms with E-state index in [1.807, 2.05) is 38.1 Å². The number of aromatic nitrogens is 7. The van der Waals surface area contributed by atoms with E-state index in [0.29, 0.717) is 18.7 Å². The highest BCUT2D eigenvalue weighted by atomic mass is 19.1. The topological polar surface area (TPSA) is 97.9 Å². The van der Waals surface area contributed by atoms with Crippen LogP contribution in [0.4, 0.5) is 19.3 Å². The Labute approximate surface area is 199 Å². The van der Waals surface area contributed by atoms with Gasteiger partial charge in [0.2, 0.25) is 0 Å². The maximum Gasteiger partial charge on any atom is 0.324 e. The third kappa shape index (κ3) is 4.11. The van der Waals surface area contributed by atoms with Crippen molar-refractivity contribution < 1.29 is 13.6 Å². The third-order valence-corrected chi connectivity index (χ3v) is 6.71. The first-order valence-corrected chi connectivity index (χ1v) is 11.1. The molecule has 0 bridgehead atoms. The molecule has 2 amide bonds. The molecule has 2 unspecified atom stereocenters. The number of hydrogen-bond acceptors (Lipinski definition) is 6. The zero-order valence-electron chi connectivity index (χ0n) is 19.2. The van der Waals surface area contributed by atoms with E-state index in [4.69, 9.17) is 0 Å². The Morgan fingerprint density at radius 2 is 1.83 bits per heavy atom. The Morgan fingerprint density at radius 1 is 1.06 bits per heavy atom. The Kier molecular flexibility index (Phi) is 5.71. The summed E-state index contributed by atoms with van der Waals surface area (Å²) < 4.78 is 31.8. The number of carbonyl (C=O) groups excluding carboxylic acids is 1. The van der Waals surface area contributed by atoms with E-state index in [9.17, 15) is 13.6 Å². The minimum Gasteiger partial charge on any atom is -0.319 e. The van der Waals surface area contributed by atoms with Gasteiger partial charge in [-0.2, -0.15) is 5.10 Å². The summed E-state index contributed by atoms with van der Waals surface area (Å²) in [7, 11) is 0. The lowest BCUT2D eigenvalue weighted by atomic mass is 9.75. The molecule has 3 heterocycles. The van der Waals surface area contributed by atoms with Crippen LogP contribution in [0.1, 0.15) is 19.4 Å². The molecule has 2 aromatic carbocycles. The van der Waals surface area contributed by atoms with Gasteiger partial charge in [0.25, 0.3) is 0 Å². The summed E-state index contributed by atoms with van der Waals surface area (Å²) in [5, 5.41) is 15.3. The molecule has 180 valence electrons. The highest BCUT2D eigenvalue weighted by molar-refractivity contribution is 5.94. The summed E-state index contributed by atoms with van der Waals surface area (Å²) in [4.78, 5) is 20.9. The first-order valence-electron chi connectivity index (χ1n) is 11.1. The van der Waals surface area contributed by atoms with Crippen molar-refractivity contribution in [3.8, 4) is 5.69 Å². The molecule has 0 saturated carbocycles. The monoisotopic (exact) mass is 479 g/mol. The van der Waals surface area contributed by atoms with Crippen LogP contribution in [-0.2, 0) is 12.0 Å². The SMILES string of the molecule is CC(N1CCN(c2ccc(-n3cnnn3)cc2)C1=O)C(C)(Cn1cncn1)c1ccc(F)cc1F. The molecule has 5 rings (SSSR count). The number of carbonyl (C=O) groups is 1. The maximum absolute atomic E-state index is 15.0. The van der Waals surface area contributed by atoms with E-state index in [1.165, 1.54) is 35.8 Å². The number of hydrogen-bond donors (Lipinski definition) is 0. The van der Waals surface area contributed by atoms with E-state index in [0.717, 1.165) is 17.4 Å². The van der Waals surface area contributed by atoms with Gasteiger partial charge in [0.05, 0.1) is 12.2 Å². The molecule has 0 N–H and O–H groups in total. The minimum atomic E-state index is -0.916. The van der Waals surface area contributed by atoms with Crippen molar-refractivity contribution in [2.45, 2.75) is 31.8 Å². The average molecular weight is 479 g/mol. The van der Waals surface area contributed by atoms with Crippen LogP contribution in [0.5, 0.6) is 0 Å². The number of tetrazole rings is 1. The molecule has 1 fully saturated rings. The molecule has 0 aliphatic carbocycles. The zero-order valence-corrected chi connectivity index (χ0v) is 19.2. The van der Waals surface area contributed by atoms with E-state index < -0.39 is 23.1 Å². The Balaban J connectivity index is 1.43. The van der Waals surface area contributed by atoms with Gasteiger partial charge in [-0.25, -0.2) is 23.2 Å². The summed E-state index contributed by atoms with van der Waals surface area (Å²) in [6, 6.07) is 10.2. The lowest BCUT2D eigenvalue weighted by Gasteiger charge is -2.41. The molecule has 1 aliphatic heterocycles. The highest BCUT2D eigenvalue weighted by Gasteiger charge is 2.44. The quantitative estimate of drug-likeness (QED) is 0.404. The number of nitrogens with zero attached hydrogens (tertiary/aromatic N) is 9. The largest absolute Gasteiger partial charge is 0.324 e. The second-order valence-corrected chi connectivity index (χ2v) is 8.71. The van der Waals surface area contributed by atoms with Crippen molar-refractivity contribution in [1.82, 2.24) is 39.9 Å². The molecule has 1 saturated heterocycles. The van der Waals surface area contributed by atoms with Gasteiger partial charge < -0.3 is 4.90 Å². The van der Waals surface area contributed by atoms with Crippen molar-refractivity contribution in [1.29, 1.82) is 0 Å². The number of amides is 2. The molecule has 10 nitrogen and oxygen atoms in total. The van der Waals surface area contributed by atoms with Crippen molar-refractivity contribution in [2.75, 3.05) is 18.0 Å². The highest BCUT2D eigenvalue weighted by Crippen LogP contribution is 2.36. The van der Waals surface area contributed by atoms with Crippen LogP contribution < -0.4 is 4.90 Å². The Morgan fingerprint density at radius 3 is 2.49 bits per heavy atom. The number of rotatable bonds is 7. The number of benzene rings is 2. The lowest BCUT2D eigenvalue weighted by Crippen LogP contribution is -2.51. The number of halogens is 2. The van der Waals surface area contributed by atoms with Gasteiger partial charge in [-0.15, -0.1) is 5.10 Å². The molecular weight excluding hydrogens is 456 g/mol. The molecule has 4 aromatic rings. The summed E-state index contributed by atoms with van der Waals surface area (Å²) in [5.74, 6) is -1.32. The van der Waals surface area contributed by atoms with Crippen LogP contribution in [0.15, 0.2) is 61.4 Å². The van der Waals surface area contributed by atoms with Crippen LogP contribution in [0.2, 0.25) is 0 Å². The van der Waals surface area contributed by atoms with Gasteiger partial charge >= 0.3 is 6.03 Å². The van der Waals surface area contributed by atoms with Crippen LogP contribution in [0.3, 0.4) is 0 Å².